The van der Waals surface area contributed by atoms with Gasteiger partial charge in [-0.3, -0.25) is 19.1 Å². The summed E-state index contributed by atoms with van der Waals surface area (Å²) >= 11 is 0. The van der Waals surface area contributed by atoms with E-state index in [1.807, 2.05) is 12.4 Å². The zero-order chi connectivity index (χ0) is 19.9. The summed E-state index contributed by atoms with van der Waals surface area (Å²) in [6.45, 7) is 7.41. The molecule has 2 aromatic rings. The second-order valence-corrected chi connectivity index (χ2v) is 6.78. The second-order valence-electron chi connectivity index (χ2n) is 6.78. The smallest absolute Gasteiger partial charge is 0.325 e. The molecule has 8 heteroatoms. The number of carbonyl (C=O) groups excluding carboxylic acids is 2. The van der Waals surface area contributed by atoms with Gasteiger partial charge in [0, 0.05) is 44.3 Å². The normalized spacial score (nSPS) is 14.7. The summed E-state index contributed by atoms with van der Waals surface area (Å²) in [5.74, 6) is 0.335. The molecule has 0 radical (unpaired) electrons. The van der Waals surface area contributed by atoms with Gasteiger partial charge < -0.3 is 15.0 Å². The molecular weight excluding hydrogens is 358 g/mol. The summed E-state index contributed by atoms with van der Waals surface area (Å²) < 4.78 is 6.89. The average Bonchev–Trinajstić information content (AvgIpc) is 3.18. The van der Waals surface area contributed by atoms with Crippen LogP contribution in [-0.2, 0) is 14.3 Å². The Bertz CT molecular complexity index is 794. The number of rotatable bonds is 7. The maximum absolute atomic E-state index is 12.0. The summed E-state index contributed by atoms with van der Waals surface area (Å²) in [5.41, 5.74) is 2.30. The molecule has 0 unspecified atom stereocenters. The third-order valence-electron chi connectivity index (χ3n) is 4.69. The average molecular weight is 385 g/mol. The van der Waals surface area contributed by atoms with Crippen molar-refractivity contribution in [2.24, 2.45) is 0 Å². The number of esters is 1. The van der Waals surface area contributed by atoms with Gasteiger partial charge in [0.05, 0.1) is 13.2 Å². The predicted octanol–water partition coefficient (Wildman–Crippen LogP) is 0.982. The van der Waals surface area contributed by atoms with Crippen LogP contribution in [-0.4, -0.2) is 72.2 Å². The van der Waals surface area contributed by atoms with Crippen molar-refractivity contribution in [3.8, 4) is 5.69 Å². The number of anilines is 1. The van der Waals surface area contributed by atoms with Crippen molar-refractivity contribution in [2.75, 3.05) is 50.8 Å². The monoisotopic (exact) mass is 385 g/mol. The lowest BCUT2D eigenvalue weighted by molar-refractivity contribution is -0.143. The zero-order valence-corrected chi connectivity index (χ0v) is 16.4. The lowest BCUT2D eigenvalue weighted by Crippen LogP contribution is -2.50. The van der Waals surface area contributed by atoms with Crippen LogP contribution in [0.1, 0.15) is 12.5 Å². The number of ether oxygens (including phenoxy) is 1. The highest BCUT2D eigenvalue weighted by atomic mass is 16.5. The molecule has 1 fully saturated rings. The molecule has 0 spiro atoms. The van der Waals surface area contributed by atoms with Crippen LogP contribution in [0.2, 0.25) is 0 Å². The molecule has 3 rings (SSSR count). The van der Waals surface area contributed by atoms with Crippen molar-refractivity contribution >= 4 is 17.8 Å². The van der Waals surface area contributed by atoms with E-state index in [0.29, 0.717) is 6.61 Å². The standard InChI is InChI=1S/C20H27N5O3/c1-3-28-19(27)14-22-18(26)15-23-10-12-24(13-11-23)20-21-8-9-25(20)17-6-4-16(2)5-7-17/h4-9H,3,10-15H2,1-2H3,(H,22,26). The first-order valence-corrected chi connectivity index (χ1v) is 9.57. The summed E-state index contributed by atoms with van der Waals surface area (Å²) in [6.07, 6.45) is 3.78. The molecule has 0 aliphatic carbocycles. The fourth-order valence-electron chi connectivity index (χ4n) is 3.18. The van der Waals surface area contributed by atoms with E-state index in [9.17, 15) is 9.59 Å². The highest BCUT2D eigenvalue weighted by Gasteiger charge is 2.22. The van der Waals surface area contributed by atoms with Gasteiger partial charge in [-0.2, -0.15) is 0 Å². The number of imidazole rings is 1. The van der Waals surface area contributed by atoms with Crippen molar-refractivity contribution in [1.82, 2.24) is 19.8 Å². The molecule has 1 saturated heterocycles. The molecule has 1 aliphatic rings. The predicted molar refractivity (Wildman–Crippen MR) is 107 cm³/mol. The summed E-state index contributed by atoms with van der Waals surface area (Å²) in [7, 11) is 0. The third kappa shape index (κ3) is 5.10. The van der Waals surface area contributed by atoms with Crippen molar-refractivity contribution < 1.29 is 14.3 Å². The fraction of sp³-hybridized carbons (Fsp3) is 0.450. The molecule has 28 heavy (non-hydrogen) atoms. The number of carbonyl (C=O) groups is 2. The number of nitrogens with one attached hydrogen (secondary N) is 1. The van der Waals surface area contributed by atoms with Crippen LogP contribution in [0.3, 0.4) is 0 Å². The topological polar surface area (TPSA) is 79.7 Å². The van der Waals surface area contributed by atoms with E-state index in [4.69, 9.17) is 4.74 Å². The summed E-state index contributed by atoms with van der Waals surface area (Å²) in [6, 6.07) is 8.35. The van der Waals surface area contributed by atoms with E-state index in [1.54, 1.807) is 6.92 Å². The van der Waals surface area contributed by atoms with Crippen LogP contribution >= 0.6 is 0 Å². The van der Waals surface area contributed by atoms with Crippen LogP contribution in [0.15, 0.2) is 36.7 Å². The largest absolute Gasteiger partial charge is 0.465 e. The van der Waals surface area contributed by atoms with Gasteiger partial charge in [-0.1, -0.05) is 17.7 Å². The van der Waals surface area contributed by atoms with Gasteiger partial charge in [-0.25, -0.2) is 4.98 Å². The van der Waals surface area contributed by atoms with Gasteiger partial charge in [-0.05, 0) is 26.0 Å². The Hall–Kier alpha value is -2.87. The number of hydrogen-bond acceptors (Lipinski definition) is 6. The van der Waals surface area contributed by atoms with E-state index in [2.05, 4.69) is 55.9 Å². The van der Waals surface area contributed by atoms with E-state index in [1.165, 1.54) is 5.56 Å². The first-order chi connectivity index (χ1) is 13.6. The highest BCUT2D eigenvalue weighted by molar-refractivity contribution is 5.83. The molecule has 1 aromatic carbocycles. The number of hydrogen-bond donors (Lipinski definition) is 1. The Morgan fingerprint density at radius 2 is 1.86 bits per heavy atom. The molecule has 0 bridgehead atoms. The number of aryl methyl sites for hydroxylation is 1. The zero-order valence-electron chi connectivity index (χ0n) is 16.4. The third-order valence-corrected chi connectivity index (χ3v) is 4.69. The Labute approximate surface area is 165 Å². The molecule has 1 aliphatic heterocycles. The van der Waals surface area contributed by atoms with Gasteiger partial charge in [0.25, 0.3) is 0 Å². The Morgan fingerprint density at radius 3 is 2.54 bits per heavy atom. The quantitative estimate of drug-likeness (QED) is 0.716. The fourth-order valence-corrected chi connectivity index (χ4v) is 3.18. The molecule has 0 atom stereocenters. The van der Waals surface area contributed by atoms with Crippen molar-refractivity contribution in [2.45, 2.75) is 13.8 Å². The second kappa shape index (κ2) is 9.36. The minimum atomic E-state index is -0.413. The SMILES string of the molecule is CCOC(=O)CNC(=O)CN1CCN(c2nccn2-c2ccc(C)cc2)CC1. The van der Waals surface area contributed by atoms with E-state index < -0.39 is 5.97 Å². The van der Waals surface area contributed by atoms with Gasteiger partial charge >= 0.3 is 5.97 Å². The maximum atomic E-state index is 12.0. The van der Waals surface area contributed by atoms with Crippen molar-refractivity contribution in [3.63, 3.8) is 0 Å². The first kappa shape index (κ1) is 19.9. The molecule has 150 valence electrons. The maximum Gasteiger partial charge on any atom is 0.325 e. The van der Waals surface area contributed by atoms with Crippen LogP contribution in [0.25, 0.3) is 5.69 Å². The van der Waals surface area contributed by atoms with E-state index >= 15 is 0 Å². The molecule has 1 amide bonds. The van der Waals surface area contributed by atoms with Crippen LogP contribution in [0, 0.1) is 6.92 Å². The van der Waals surface area contributed by atoms with Crippen molar-refractivity contribution in [1.29, 1.82) is 0 Å². The molecule has 8 nitrogen and oxygen atoms in total. The van der Waals surface area contributed by atoms with Gasteiger partial charge in [-0.15, -0.1) is 0 Å². The number of nitrogens with zero attached hydrogens (tertiary/aromatic N) is 4. The van der Waals surface area contributed by atoms with E-state index in [-0.39, 0.29) is 19.0 Å². The molecular formula is C20H27N5O3. The number of benzene rings is 1. The Kier molecular flexibility index (Phi) is 6.65. The first-order valence-electron chi connectivity index (χ1n) is 9.57. The minimum absolute atomic E-state index is 0.0827. The molecule has 1 aromatic heterocycles. The van der Waals surface area contributed by atoms with Gasteiger partial charge in [0.15, 0.2) is 0 Å². The van der Waals surface area contributed by atoms with Crippen LogP contribution in [0.4, 0.5) is 5.95 Å². The minimum Gasteiger partial charge on any atom is -0.465 e. The Balaban J connectivity index is 1.51. The van der Waals surface area contributed by atoms with Crippen LogP contribution in [0.5, 0.6) is 0 Å². The van der Waals surface area contributed by atoms with Gasteiger partial charge in [0.1, 0.15) is 6.54 Å². The van der Waals surface area contributed by atoms with Crippen molar-refractivity contribution in [3.05, 3.63) is 42.2 Å². The van der Waals surface area contributed by atoms with Gasteiger partial charge in [0.2, 0.25) is 11.9 Å². The van der Waals surface area contributed by atoms with E-state index in [0.717, 1.165) is 37.8 Å². The molecule has 0 saturated carbocycles. The number of piperazine rings is 1. The summed E-state index contributed by atoms with van der Waals surface area (Å²) in [4.78, 5) is 32.2. The Morgan fingerprint density at radius 1 is 1.14 bits per heavy atom. The lowest BCUT2D eigenvalue weighted by atomic mass is 10.2. The van der Waals surface area contributed by atoms with Crippen LogP contribution < -0.4 is 10.2 Å². The molecule has 1 N–H and O–H groups in total. The number of amides is 1. The highest BCUT2D eigenvalue weighted by Crippen LogP contribution is 2.20. The summed E-state index contributed by atoms with van der Waals surface area (Å²) in [5, 5.41) is 2.60. The number of aromatic nitrogens is 2. The molecule has 2 heterocycles. The lowest BCUT2D eigenvalue weighted by Gasteiger charge is -2.35.